The van der Waals surface area contributed by atoms with Gasteiger partial charge in [0.05, 0.1) is 19.9 Å². The molecule has 2 heterocycles. The predicted octanol–water partition coefficient (Wildman–Crippen LogP) is 4.55. The van der Waals surface area contributed by atoms with Crippen LogP contribution in [-0.4, -0.2) is 36.2 Å². The fourth-order valence-electron chi connectivity index (χ4n) is 4.23. The number of methoxy groups -OCH3 is 2. The average molecular weight is 447 g/mol. The first-order chi connectivity index (χ1) is 15.6. The summed E-state index contributed by atoms with van der Waals surface area (Å²) in [5, 5.41) is 0.511. The maximum absolute atomic E-state index is 13.3. The topological polar surface area (TPSA) is 51.2 Å². The van der Waals surface area contributed by atoms with E-state index >= 15 is 0 Å². The molecule has 0 unspecified atom stereocenters. The molecule has 3 aromatic rings. The van der Waals surface area contributed by atoms with E-state index in [2.05, 4.69) is 0 Å². The minimum absolute atomic E-state index is 0.0211. The zero-order valence-corrected chi connectivity index (χ0v) is 18.6. The van der Waals surface area contributed by atoms with Crippen LogP contribution < -0.4 is 19.1 Å². The van der Waals surface area contributed by atoms with Gasteiger partial charge in [-0.3, -0.25) is 9.69 Å². The Morgan fingerprint density at radius 2 is 1.50 bits per heavy atom. The molecule has 2 aliphatic rings. The van der Waals surface area contributed by atoms with Crippen LogP contribution in [0.5, 0.6) is 23.0 Å². The lowest BCUT2D eigenvalue weighted by atomic mass is 9.94. The van der Waals surface area contributed by atoms with Crippen LogP contribution in [0, 0.1) is 0 Å². The van der Waals surface area contributed by atoms with Gasteiger partial charge in [-0.25, -0.2) is 0 Å². The van der Waals surface area contributed by atoms with Crippen LogP contribution in [0.3, 0.4) is 0 Å². The van der Waals surface area contributed by atoms with E-state index < -0.39 is 0 Å². The number of carbonyl (C=O) groups excluding carboxylic acids is 1. The summed E-state index contributed by atoms with van der Waals surface area (Å²) >= 11 is 5.72. The maximum Gasteiger partial charge on any atom is 0.256 e. The molecule has 3 aromatic carbocycles. The molecule has 0 N–H and O–H groups in total. The third-order valence-electron chi connectivity index (χ3n) is 5.85. The number of hydrogen-bond acceptors (Lipinski definition) is 5. The number of fused-ring (bicyclic) bond motifs is 2. The van der Waals surface area contributed by atoms with Crippen molar-refractivity contribution in [2.75, 3.05) is 19.1 Å². The summed E-state index contributed by atoms with van der Waals surface area (Å²) in [6.07, 6.45) is 0.570. The molecule has 1 amide bonds. The second-order valence-corrected chi connectivity index (χ2v) is 8.05. The van der Waals surface area contributed by atoms with Crippen molar-refractivity contribution < 1.29 is 19.0 Å². The van der Waals surface area contributed by atoms with Gasteiger partial charge in [-0.15, -0.1) is 0 Å². The molecule has 2 aliphatic heterocycles. The number of thiocarbonyl (C=S) groups is 1. The van der Waals surface area contributed by atoms with Gasteiger partial charge in [-0.05, 0) is 71.9 Å². The van der Waals surface area contributed by atoms with Crippen molar-refractivity contribution in [1.82, 2.24) is 4.90 Å². The molecule has 6 nitrogen and oxygen atoms in total. The molecule has 0 saturated carbocycles. The first-order valence-electron chi connectivity index (χ1n) is 10.3. The Balaban J connectivity index is 1.39. The SMILES string of the molecule is COc1cc2c(cc1OC)CN1C(=S)N(c3ccc(Oc4ccccc4)cc3)C(=O)[C@H]1C2. The van der Waals surface area contributed by atoms with Crippen LogP contribution in [0.2, 0.25) is 0 Å². The second kappa shape index (κ2) is 8.16. The van der Waals surface area contributed by atoms with Gasteiger partial charge in [0.15, 0.2) is 16.6 Å². The largest absolute Gasteiger partial charge is 0.493 e. The molecule has 1 atom stereocenters. The Labute approximate surface area is 191 Å². The predicted molar refractivity (Wildman–Crippen MR) is 126 cm³/mol. The van der Waals surface area contributed by atoms with Crippen LogP contribution in [0.25, 0.3) is 0 Å². The maximum atomic E-state index is 13.3. The van der Waals surface area contributed by atoms with E-state index in [1.54, 1.807) is 19.1 Å². The van der Waals surface area contributed by atoms with Gasteiger partial charge < -0.3 is 19.1 Å². The quantitative estimate of drug-likeness (QED) is 0.536. The second-order valence-electron chi connectivity index (χ2n) is 7.69. The number of benzene rings is 3. The Hall–Kier alpha value is -3.58. The van der Waals surface area contributed by atoms with Crippen LogP contribution in [0.4, 0.5) is 5.69 Å². The van der Waals surface area contributed by atoms with E-state index in [4.69, 9.17) is 26.4 Å². The summed E-state index contributed by atoms with van der Waals surface area (Å²) in [6.45, 7) is 0.552. The summed E-state index contributed by atoms with van der Waals surface area (Å²) in [4.78, 5) is 16.9. The van der Waals surface area contributed by atoms with Crippen molar-refractivity contribution in [3.63, 3.8) is 0 Å². The summed E-state index contributed by atoms with van der Waals surface area (Å²) in [5.74, 6) is 2.77. The molecule has 0 radical (unpaired) electrons. The standard InChI is InChI=1S/C25H22N2O4S/c1-29-22-13-16-12-21-24(28)27(25(32)26(21)15-17(16)14-23(22)30-2)18-8-10-20(11-9-18)31-19-6-4-3-5-7-19/h3-11,13-14,21H,12,15H2,1-2H3/t21-/m1/s1. The number of ether oxygens (including phenoxy) is 3. The molecule has 1 saturated heterocycles. The van der Waals surface area contributed by atoms with E-state index in [9.17, 15) is 4.79 Å². The zero-order valence-electron chi connectivity index (χ0n) is 17.8. The van der Waals surface area contributed by atoms with Gasteiger partial charge in [0.25, 0.3) is 5.91 Å². The third kappa shape index (κ3) is 3.44. The lowest BCUT2D eigenvalue weighted by molar-refractivity contribution is -0.120. The number of amides is 1. The van der Waals surface area contributed by atoms with Crippen molar-refractivity contribution in [2.45, 2.75) is 19.0 Å². The normalized spacial score (nSPS) is 17.1. The third-order valence-corrected chi connectivity index (χ3v) is 6.27. The number of anilines is 1. The smallest absolute Gasteiger partial charge is 0.256 e. The van der Waals surface area contributed by atoms with Crippen molar-refractivity contribution in [3.8, 4) is 23.0 Å². The molecule has 32 heavy (non-hydrogen) atoms. The number of carbonyl (C=O) groups is 1. The number of para-hydroxylation sites is 1. The van der Waals surface area contributed by atoms with Gasteiger partial charge in [0.2, 0.25) is 0 Å². The van der Waals surface area contributed by atoms with Crippen molar-refractivity contribution in [2.24, 2.45) is 0 Å². The highest BCUT2D eigenvalue weighted by atomic mass is 32.1. The van der Waals surface area contributed by atoms with Crippen molar-refractivity contribution in [3.05, 3.63) is 77.9 Å². The molecule has 0 spiro atoms. The molecule has 0 aliphatic carbocycles. The monoisotopic (exact) mass is 446 g/mol. The molecular weight excluding hydrogens is 424 g/mol. The Morgan fingerprint density at radius 3 is 2.16 bits per heavy atom. The van der Waals surface area contributed by atoms with E-state index in [1.165, 1.54) is 0 Å². The summed E-state index contributed by atoms with van der Waals surface area (Å²) < 4.78 is 16.7. The van der Waals surface area contributed by atoms with E-state index in [1.807, 2.05) is 71.6 Å². The molecule has 7 heteroatoms. The van der Waals surface area contributed by atoms with Crippen LogP contribution in [-0.2, 0) is 17.8 Å². The highest BCUT2D eigenvalue weighted by molar-refractivity contribution is 7.80. The van der Waals surface area contributed by atoms with Crippen LogP contribution >= 0.6 is 12.2 Å². The molecule has 0 bridgehead atoms. The number of hydrogen-bond donors (Lipinski definition) is 0. The lowest BCUT2D eigenvalue weighted by Gasteiger charge is -2.31. The zero-order chi connectivity index (χ0) is 22.2. The summed E-state index contributed by atoms with van der Waals surface area (Å²) in [5.41, 5.74) is 2.89. The van der Waals surface area contributed by atoms with E-state index in [-0.39, 0.29) is 11.9 Å². The van der Waals surface area contributed by atoms with Crippen LogP contribution in [0.1, 0.15) is 11.1 Å². The fraction of sp³-hybridized carbons (Fsp3) is 0.200. The highest BCUT2D eigenvalue weighted by Crippen LogP contribution is 2.38. The van der Waals surface area contributed by atoms with Crippen LogP contribution in [0.15, 0.2) is 66.7 Å². The van der Waals surface area contributed by atoms with Gasteiger partial charge >= 0.3 is 0 Å². The Kier molecular flexibility index (Phi) is 5.19. The minimum atomic E-state index is -0.326. The Morgan fingerprint density at radius 1 is 0.875 bits per heavy atom. The molecule has 0 aromatic heterocycles. The van der Waals surface area contributed by atoms with Crippen molar-refractivity contribution in [1.29, 1.82) is 0 Å². The van der Waals surface area contributed by atoms with Gasteiger partial charge in [-0.2, -0.15) is 0 Å². The molecular formula is C25H22N2O4S. The first kappa shape index (κ1) is 20.3. The van der Waals surface area contributed by atoms with Gasteiger partial charge in [0.1, 0.15) is 17.5 Å². The molecule has 162 valence electrons. The van der Waals surface area contributed by atoms with Crippen molar-refractivity contribution >= 4 is 28.9 Å². The number of rotatable bonds is 5. The summed E-state index contributed by atoms with van der Waals surface area (Å²) in [7, 11) is 3.23. The number of nitrogens with zero attached hydrogens (tertiary/aromatic N) is 2. The lowest BCUT2D eigenvalue weighted by Crippen LogP contribution is -2.40. The van der Waals surface area contributed by atoms with Gasteiger partial charge in [-0.1, -0.05) is 18.2 Å². The minimum Gasteiger partial charge on any atom is -0.493 e. The average Bonchev–Trinajstić information content (AvgIpc) is 3.07. The van der Waals surface area contributed by atoms with E-state index in [0.29, 0.717) is 35.3 Å². The molecule has 1 fully saturated rings. The molecule has 5 rings (SSSR count). The highest BCUT2D eigenvalue weighted by Gasteiger charge is 2.45. The first-order valence-corrected chi connectivity index (χ1v) is 10.7. The van der Waals surface area contributed by atoms with E-state index in [0.717, 1.165) is 22.6 Å². The van der Waals surface area contributed by atoms with Gasteiger partial charge in [0, 0.05) is 13.0 Å². The Bertz CT molecular complexity index is 1130. The fourth-order valence-corrected chi connectivity index (χ4v) is 4.62. The summed E-state index contributed by atoms with van der Waals surface area (Å²) in [6, 6.07) is 20.6.